The molecule has 0 aromatic heterocycles. The quantitative estimate of drug-likeness (QED) is 0.161. The van der Waals surface area contributed by atoms with E-state index in [2.05, 4.69) is 50.7 Å². The number of phenols is 2. The second kappa shape index (κ2) is 40.1. The molecule has 0 atom stereocenters. The van der Waals surface area contributed by atoms with Crippen molar-refractivity contribution in [1.82, 2.24) is 0 Å². The molecule has 12 heteroatoms. The fourth-order valence-electron chi connectivity index (χ4n) is 2.90. The summed E-state index contributed by atoms with van der Waals surface area (Å²) in [6.45, 7) is 23.6. The first kappa shape index (κ1) is 53.7. The number of nitrogens with zero attached hydrogens (tertiary/aromatic N) is 2. The minimum absolute atomic E-state index is 0. The Balaban J connectivity index is -0.000000127. The number of benzene rings is 4. The second-order valence-electron chi connectivity index (χ2n) is 7.31. The van der Waals surface area contributed by atoms with Gasteiger partial charge in [-0.2, -0.15) is 0 Å². The maximum Gasteiger partial charge on any atom is 0.124 e. The first-order valence-electron chi connectivity index (χ1n) is 11.7. The van der Waals surface area contributed by atoms with Crippen LogP contribution in [0.4, 0.5) is 11.4 Å². The number of para-hydroxylation sites is 2. The van der Waals surface area contributed by atoms with Crippen LogP contribution in [0.15, 0.2) is 107 Å². The summed E-state index contributed by atoms with van der Waals surface area (Å²) in [6, 6.07) is 30.1. The summed E-state index contributed by atoms with van der Waals surface area (Å²) in [6.07, 6.45) is 3.34. The van der Waals surface area contributed by atoms with Crippen molar-refractivity contribution in [3.63, 3.8) is 0 Å². The molecular weight excluding hydrogens is 760 g/mol. The molecular formula is C34H32N2O8Tc2-6. The summed E-state index contributed by atoms with van der Waals surface area (Å²) in [7, 11) is 0. The topological polar surface area (TPSA) is 168 Å². The third kappa shape index (κ3) is 25.6. The van der Waals surface area contributed by atoms with E-state index in [0.717, 1.165) is 22.5 Å². The average Bonchev–Trinajstić information content (AvgIpc) is 3.10. The molecule has 0 amide bonds. The van der Waals surface area contributed by atoms with E-state index < -0.39 is 0 Å². The molecule has 0 aliphatic rings. The standard InChI is InChI=1S/2C14H13NO.6CHO.2Tc/c2*1-11-5-4-7-13(9-11)15-10-12-6-2-3-8-14(12)16;6*1-2;;/h2*2-10,16H,1H3;6*1H;;/q;;6*-1;;. The van der Waals surface area contributed by atoms with Gasteiger partial charge in [0, 0.05) is 63.8 Å². The summed E-state index contributed by atoms with van der Waals surface area (Å²) in [5.41, 5.74) is 5.58. The number of aryl methyl sites for hydroxylation is 2. The van der Waals surface area contributed by atoms with Crippen molar-refractivity contribution in [3.05, 3.63) is 119 Å². The summed E-state index contributed by atoms with van der Waals surface area (Å²) < 4.78 is 0. The molecule has 10 nitrogen and oxygen atoms in total. The van der Waals surface area contributed by atoms with Crippen molar-refractivity contribution in [1.29, 1.82) is 0 Å². The van der Waals surface area contributed by atoms with Crippen LogP contribution >= 0.6 is 0 Å². The maximum atomic E-state index is 9.55. The van der Waals surface area contributed by atoms with Crippen LogP contribution in [0, 0.1) is 13.8 Å². The van der Waals surface area contributed by atoms with Gasteiger partial charge in [-0.05, 0) is 73.5 Å². The maximum absolute atomic E-state index is 9.55. The molecule has 0 heterocycles. The van der Waals surface area contributed by atoms with Crippen molar-refractivity contribution in [3.8, 4) is 11.5 Å². The van der Waals surface area contributed by atoms with Crippen molar-refractivity contribution in [2.75, 3.05) is 0 Å². The molecule has 0 saturated heterocycles. The van der Waals surface area contributed by atoms with Crippen LogP contribution in [0.5, 0.6) is 11.5 Å². The van der Waals surface area contributed by atoms with Gasteiger partial charge >= 0.3 is 0 Å². The monoisotopic (exact) mass is 790 g/mol. The molecule has 0 aliphatic heterocycles. The Bertz CT molecular complexity index is 1250. The van der Waals surface area contributed by atoms with Crippen LogP contribution in [0.25, 0.3) is 0 Å². The zero-order chi connectivity index (χ0) is 34.8. The number of aliphatic imine (C=N–C) groups is 2. The number of carbonyl (C=O) groups excluding carboxylic acids is 6. The molecule has 0 saturated carbocycles. The van der Waals surface area contributed by atoms with Crippen LogP contribution in [0.2, 0.25) is 0 Å². The molecule has 4 aromatic carbocycles. The number of hydrogen-bond acceptors (Lipinski definition) is 10. The Morgan fingerprint density at radius 1 is 0.457 bits per heavy atom. The smallest absolute Gasteiger partial charge is 0.124 e. The minimum Gasteiger partial charge on any atom is -0.545 e. The van der Waals surface area contributed by atoms with Crippen molar-refractivity contribution >= 4 is 64.5 Å². The fourth-order valence-corrected chi connectivity index (χ4v) is 2.90. The summed E-state index contributed by atoms with van der Waals surface area (Å²) >= 11 is 0. The van der Waals surface area contributed by atoms with Gasteiger partial charge in [-0.25, -0.2) is 0 Å². The summed E-state index contributed by atoms with van der Waals surface area (Å²) in [5, 5.41) is 19.1. The van der Waals surface area contributed by atoms with E-state index in [1.165, 1.54) is 11.1 Å². The van der Waals surface area contributed by atoms with Gasteiger partial charge in [0.15, 0.2) is 0 Å². The van der Waals surface area contributed by atoms with Gasteiger partial charge in [-0.1, -0.05) is 48.5 Å². The van der Waals surface area contributed by atoms with E-state index in [9.17, 15) is 10.2 Å². The van der Waals surface area contributed by atoms with Gasteiger partial charge in [-0.15, -0.1) is 0 Å². The van der Waals surface area contributed by atoms with Crippen LogP contribution in [0.1, 0.15) is 22.3 Å². The van der Waals surface area contributed by atoms with Crippen molar-refractivity contribution in [2.45, 2.75) is 13.8 Å². The molecule has 0 spiro atoms. The normalized spacial score (nSPS) is 8.04. The molecule has 4 rings (SSSR count). The zero-order valence-electron chi connectivity index (χ0n) is 24.9. The number of phenolic OH excluding ortho intramolecular Hbond substituents is 2. The molecule has 0 bridgehead atoms. The molecule has 0 fully saturated rings. The average molecular weight is 793 g/mol. The van der Waals surface area contributed by atoms with Gasteiger partial charge < -0.3 is 39.0 Å². The van der Waals surface area contributed by atoms with E-state index in [-0.39, 0.29) is 51.7 Å². The van der Waals surface area contributed by atoms with E-state index in [4.69, 9.17) is 28.8 Å². The van der Waals surface area contributed by atoms with Gasteiger partial charge in [0.2, 0.25) is 0 Å². The third-order valence-corrected chi connectivity index (χ3v) is 4.58. The molecule has 2 N–H and O–H groups in total. The minimum atomic E-state index is 0. The third-order valence-electron chi connectivity index (χ3n) is 4.58. The zero-order valence-corrected chi connectivity index (χ0v) is 28.6. The van der Waals surface area contributed by atoms with Crippen molar-refractivity contribution in [2.24, 2.45) is 9.98 Å². The van der Waals surface area contributed by atoms with Gasteiger partial charge in [0.1, 0.15) is 11.5 Å². The SMILES string of the molecule is Cc1cccc(N=Cc2ccccc2O)c1.Cc1cccc(N=Cc2ccccc2O)c1.[CH-]=O.[CH-]=O.[CH-]=O.[CH-]=O.[CH-]=O.[CH-]=O.[Tc].[Tc]. The Morgan fingerprint density at radius 2 is 0.739 bits per heavy atom. The van der Waals surface area contributed by atoms with E-state index in [1.807, 2.05) is 86.6 Å². The first-order valence-corrected chi connectivity index (χ1v) is 11.7. The second-order valence-corrected chi connectivity index (χ2v) is 7.31. The summed E-state index contributed by atoms with van der Waals surface area (Å²) in [5.74, 6) is 0.498. The number of rotatable bonds is 4. The van der Waals surface area contributed by atoms with E-state index >= 15 is 0 Å². The fraction of sp³-hybridized carbons (Fsp3) is 0.0588. The predicted octanol–water partition coefficient (Wildman–Crippen LogP) is 5.25. The van der Waals surface area contributed by atoms with Crippen LogP contribution in [-0.2, 0) is 69.0 Å². The van der Waals surface area contributed by atoms with E-state index in [0.29, 0.717) is 0 Å². The summed E-state index contributed by atoms with van der Waals surface area (Å²) in [4.78, 5) is 55.1. The first-order chi connectivity index (χ1) is 21.5. The number of aromatic hydroxyl groups is 2. The molecule has 2 radical (unpaired) electrons. The Hall–Kier alpha value is -4.86. The number of hydrogen-bond donors (Lipinski definition) is 2. The molecule has 46 heavy (non-hydrogen) atoms. The Morgan fingerprint density at radius 3 is 1.00 bits per heavy atom. The molecule has 0 aliphatic carbocycles. The Labute approximate surface area is 297 Å². The molecule has 0 unspecified atom stereocenters. The van der Waals surface area contributed by atoms with Gasteiger partial charge in [0.05, 0.1) is 11.4 Å². The van der Waals surface area contributed by atoms with Crippen LogP contribution in [0.3, 0.4) is 0 Å². The molecule has 246 valence electrons. The van der Waals surface area contributed by atoms with Crippen LogP contribution in [-0.4, -0.2) is 63.4 Å². The van der Waals surface area contributed by atoms with E-state index in [1.54, 1.807) is 36.7 Å². The largest absolute Gasteiger partial charge is 0.545 e. The van der Waals surface area contributed by atoms with Gasteiger partial charge in [0.25, 0.3) is 0 Å². The van der Waals surface area contributed by atoms with Crippen LogP contribution < -0.4 is 0 Å². The predicted molar refractivity (Wildman–Crippen MR) is 174 cm³/mol. The van der Waals surface area contributed by atoms with Gasteiger partial charge in [-0.3, -0.25) is 50.7 Å². The van der Waals surface area contributed by atoms with Crippen molar-refractivity contribution < 1.29 is 79.2 Å². The Kier molecular flexibility index (Phi) is 46.8. The molecule has 4 aromatic rings.